The molecule has 1 N–H and O–H groups in total. The highest BCUT2D eigenvalue weighted by Crippen LogP contribution is 2.37. The Balaban J connectivity index is 1.89. The number of nitrogens with zero attached hydrogens (tertiary/aromatic N) is 3. The van der Waals surface area contributed by atoms with E-state index in [0.29, 0.717) is 11.5 Å². The summed E-state index contributed by atoms with van der Waals surface area (Å²) in [6.07, 6.45) is 10.1. The lowest BCUT2D eigenvalue weighted by Crippen LogP contribution is -2.38. The second kappa shape index (κ2) is 7.21. The van der Waals surface area contributed by atoms with Gasteiger partial charge in [0, 0.05) is 37.6 Å². The van der Waals surface area contributed by atoms with Gasteiger partial charge in [0.05, 0.1) is 0 Å². The van der Waals surface area contributed by atoms with Crippen LogP contribution in [0.3, 0.4) is 0 Å². The van der Waals surface area contributed by atoms with Crippen molar-refractivity contribution in [3.8, 4) is 0 Å². The summed E-state index contributed by atoms with van der Waals surface area (Å²) >= 11 is 0. The monoisotopic (exact) mass is 290 g/mol. The lowest BCUT2D eigenvalue weighted by molar-refractivity contribution is 0.222. The van der Waals surface area contributed by atoms with Gasteiger partial charge in [-0.1, -0.05) is 20.8 Å². The number of hydrogen-bond donors (Lipinski definition) is 1. The molecule has 1 aliphatic rings. The predicted molar refractivity (Wildman–Crippen MR) is 88.5 cm³/mol. The van der Waals surface area contributed by atoms with Gasteiger partial charge in [-0.05, 0) is 44.1 Å². The molecule has 0 amide bonds. The lowest BCUT2D eigenvalue weighted by atomic mass is 9.75. The second-order valence-corrected chi connectivity index (χ2v) is 7.07. The molecule has 0 atom stereocenters. The van der Waals surface area contributed by atoms with E-state index < -0.39 is 0 Å². The van der Waals surface area contributed by atoms with Crippen molar-refractivity contribution in [3.63, 3.8) is 0 Å². The van der Waals surface area contributed by atoms with Crippen LogP contribution in [0.4, 0.5) is 5.95 Å². The fraction of sp³-hybridized carbons (Fsp3) is 0.765. The van der Waals surface area contributed by atoms with Crippen molar-refractivity contribution in [2.45, 2.75) is 65.5 Å². The fourth-order valence-corrected chi connectivity index (χ4v) is 2.97. The van der Waals surface area contributed by atoms with Crippen molar-refractivity contribution < 1.29 is 0 Å². The van der Waals surface area contributed by atoms with Gasteiger partial charge in [0.2, 0.25) is 5.95 Å². The molecule has 0 radical (unpaired) electrons. The van der Waals surface area contributed by atoms with E-state index in [0.717, 1.165) is 31.0 Å². The normalized spacial score (nSPS) is 18.7. The first-order valence-corrected chi connectivity index (χ1v) is 8.26. The highest BCUT2D eigenvalue weighted by Gasteiger charge is 2.29. The van der Waals surface area contributed by atoms with Crippen molar-refractivity contribution >= 4 is 5.95 Å². The van der Waals surface area contributed by atoms with Gasteiger partial charge < -0.3 is 10.2 Å². The molecule has 21 heavy (non-hydrogen) atoms. The Morgan fingerprint density at radius 3 is 2.43 bits per heavy atom. The summed E-state index contributed by atoms with van der Waals surface area (Å²) in [6.45, 7) is 8.82. The van der Waals surface area contributed by atoms with Gasteiger partial charge in [0.25, 0.3) is 0 Å². The first-order valence-electron chi connectivity index (χ1n) is 8.26. The molecule has 0 aliphatic heterocycles. The Hall–Kier alpha value is -1.16. The number of rotatable bonds is 6. The quantitative estimate of drug-likeness (QED) is 0.815. The molecule has 118 valence electrons. The highest BCUT2D eigenvalue weighted by atomic mass is 15.2. The third-order valence-electron chi connectivity index (χ3n) is 4.62. The van der Waals surface area contributed by atoms with E-state index >= 15 is 0 Å². The molecule has 1 fully saturated rings. The molecule has 0 unspecified atom stereocenters. The van der Waals surface area contributed by atoms with E-state index in [1.54, 1.807) is 0 Å². The van der Waals surface area contributed by atoms with Crippen LogP contribution >= 0.6 is 0 Å². The third kappa shape index (κ3) is 4.67. The molecule has 2 rings (SSSR count). The minimum absolute atomic E-state index is 0.507. The van der Waals surface area contributed by atoms with Crippen LogP contribution in [-0.4, -0.2) is 29.6 Å². The summed E-state index contributed by atoms with van der Waals surface area (Å²) in [5.74, 6) is 0.860. The van der Waals surface area contributed by atoms with Crippen LogP contribution in [0.15, 0.2) is 12.4 Å². The fourth-order valence-electron chi connectivity index (χ4n) is 2.97. The largest absolute Gasteiger partial charge is 0.341 e. The zero-order valence-corrected chi connectivity index (χ0v) is 14.0. The van der Waals surface area contributed by atoms with Crippen molar-refractivity contribution in [2.24, 2.45) is 5.41 Å². The van der Waals surface area contributed by atoms with Gasteiger partial charge in [-0.25, -0.2) is 9.97 Å². The minimum Gasteiger partial charge on any atom is -0.341 e. The van der Waals surface area contributed by atoms with E-state index in [4.69, 9.17) is 0 Å². The van der Waals surface area contributed by atoms with Gasteiger partial charge in [0.15, 0.2) is 0 Å². The van der Waals surface area contributed by atoms with Gasteiger partial charge in [0.1, 0.15) is 0 Å². The van der Waals surface area contributed by atoms with Crippen molar-refractivity contribution in [1.29, 1.82) is 0 Å². The molecule has 4 heteroatoms. The van der Waals surface area contributed by atoms with Gasteiger partial charge in [-0.15, -0.1) is 0 Å². The highest BCUT2D eigenvalue weighted by molar-refractivity contribution is 5.30. The smallest absolute Gasteiger partial charge is 0.225 e. The SMILES string of the molecule is CCCNCc1cnc(N(C)C2CCC(C)(C)CC2)nc1. The first-order chi connectivity index (χ1) is 10.0. The lowest BCUT2D eigenvalue weighted by Gasteiger charge is -2.38. The average molecular weight is 290 g/mol. The minimum atomic E-state index is 0.507. The van der Waals surface area contributed by atoms with Crippen molar-refractivity contribution in [1.82, 2.24) is 15.3 Å². The third-order valence-corrected chi connectivity index (χ3v) is 4.62. The molecular weight excluding hydrogens is 260 g/mol. The standard InChI is InChI=1S/C17H30N4/c1-5-10-18-11-14-12-19-16(20-13-14)21(4)15-6-8-17(2,3)9-7-15/h12-13,15,18H,5-11H2,1-4H3. The summed E-state index contributed by atoms with van der Waals surface area (Å²) in [5.41, 5.74) is 1.66. The number of anilines is 1. The van der Waals surface area contributed by atoms with E-state index in [-0.39, 0.29) is 0 Å². The summed E-state index contributed by atoms with van der Waals surface area (Å²) in [4.78, 5) is 11.3. The van der Waals surface area contributed by atoms with Crippen LogP contribution < -0.4 is 10.2 Å². The Morgan fingerprint density at radius 1 is 1.24 bits per heavy atom. The topological polar surface area (TPSA) is 41.1 Å². The maximum Gasteiger partial charge on any atom is 0.225 e. The average Bonchev–Trinajstić information content (AvgIpc) is 2.48. The van der Waals surface area contributed by atoms with Gasteiger partial charge >= 0.3 is 0 Å². The Morgan fingerprint density at radius 2 is 1.86 bits per heavy atom. The maximum absolute atomic E-state index is 4.54. The molecular formula is C17H30N4. The molecule has 1 aromatic heterocycles. The molecule has 0 aromatic carbocycles. The van der Waals surface area contributed by atoms with E-state index in [1.807, 2.05) is 12.4 Å². The zero-order chi connectivity index (χ0) is 15.3. The van der Waals surface area contributed by atoms with E-state index in [9.17, 15) is 0 Å². The molecule has 1 aromatic rings. The first kappa shape index (κ1) is 16.2. The molecule has 1 saturated carbocycles. The van der Waals surface area contributed by atoms with Crippen LogP contribution in [0, 0.1) is 5.41 Å². The van der Waals surface area contributed by atoms with Crippen molar-refractivity contribution in [2.75, 3.05) is 18.5 Å². The molecule has 1 heterocycles. The van der Waals surface area contributed by atoms with Gasteiger partial charge in [-0.2, -0.15) is 0 Å². The van der Waals surface area contributed by atoms with Gasteiger partial charge in [-0.3, -0.25) is 0 Å². The van der Waals surface area contributed by atoms with Crippen LogP contribution in [-0.2, 0) is 6.54 Å². The predicted octanol–water partition coefficient (Wildman–Crippen LogP) is 3.38. The summed E-state index contributed by atoms with van der Waals surface area (Å²) in [7, 11) is 2.13. The molecule has 1 aliphatic carbocycles. The summed E-state index contributed by atoms with van der Waals surface area (Å²) in [6, 6.07) is 0.585. The van der Waals surface area contributed by atoms with Crippen LogP contribution in [0.25, 0.3) is 0 Å². The van der Waals surface area contributed by atoms with Crippen LogP contribution in [0.5, 0.6) is 0 Å². The maximum atomic E-state index is 4.54. The molecule has 4 nitrogen and oxygen atoms in total. The second-order valence-electron chi connectivity index (χ2n) is 7.07. The van der Waals surface area contributed by atoms with Crippen LogP contribution in [0.1, 0.15) is 58.4 Å². The number of aromatic nitrogens is 2. The summed E-state index contributed by atoms with van der Waals surface area (Å²) in [5, 5.41) is 3.38. The van der Waals surface area contributed by atoms with E-state index in [1.165, 1.54) is 25.7 Å². The number of nitrogens with one attached hydrogen (secondary N) is 1. The van der Waals surface area contributed by atoms with Crippen LogP contribution in [0.2, 0.25) is 0 Å². The van der Waals surface area contributed by atoms with E-state index in [2.05, 4.69) is 48.0 Å². The Labute approximate surface area is 129 Å². The molecule has 0 bridgehead atoms. The number of hydrogen-bond acceptors (Lipinski definition) is 4. The zero-order valence-electron chi connectivity index (χ0n) is 14.0. The molecule has 0 spiro atoms. The summed E-state index contributed by atoms with van der Waals surface area (Å²) < 4.78 is 0. The Kier molecular flexibility index (Phi) is 5.57. The Bertz CT molecular complexity index is 417. The molecule has 0 saturated heterocycles. The van der Waals surface area contributed by atoms with Crippen molar-refractivity contribution in [3.05, 3.63) is 18.0 Å².